The van der Waals surface area contributed by atoms with Crippen molar-refractivity contribution in [3.8, 4) is 0 Å². The number of urea groups is 1. The number of carbonyl (C=O) groups excluding carboxylic acids is 1. The first kappa shape index (κ1) is 14.8. The summed E-state index contributed by atoms with van der Waals surface area (Å²) in [5, 5.41) is 5.66. The average molecular weight is 277 g/mol. The molecule has 5 nitrogen and oxygen atoms in total. The van der Waals surface area contributed by atoms with Crippen molar-refractivity contribution in [1.82, 2.24) is 10.3 Å². The molecule has 1 aliphatic heterocycles. The van der Waals surface area contributed by atoms with E-state index < -0.39 is 0 Å². The van der Waals surface area contributed by atoms with E-state index in [-0.39, 0.29) is 12.1 Å². The number of aryl methyl sites for hydroxylation is 1. The molecular formula is C15H23N3O2. The fraction of sp³-hybridized carbons (Fsp3) is 0.600. The molecule has 0 spiro atoms. The van der Waals surface area contributed by atoms with Gasteiger partial charge >= 0.3 is 6.03 Å². The molecule has 2 N–H and O–H groups in total. The number of hydrogen-bond acceptors (Lipinski definition) is 3. The second-order valence-electron chi connectivity index (χ2n) is 5.63. The van der Waals surface area contributed by atoms with E-state index >= 15 is 0 Å². The van der Waals surface area contributed by atoms with Crippen LogP contribution in [0.3, 0.4) is 0 Å². The van der Waals surface area contributed by atoms with Crippen LogP contribution in [0, 0.1) is 18.8 Å². The van der Waals surface area contributed by atoms with E-state index in [9.17, 15) is 4.79 Å². The highest BCUT2D eigenvalue weighted by Crippen LogP contribution is 2.26. The monoisotopic (exact) mass is 277 g/mol. The Kier molecular flexibility index (Phi) is 4.95. The highest BCUT2D eigenvalue weighted by molar-refractivity contribution is 5.88. The minimum absolute atomic E-state index is 0.211. The molecular weight excluding hydrogens is 254 g/mol. The predicted octanol–water partition coefficient (Wildman–Crippen LogP) is 2.57. The highest BCUT2D eigenvalue weighted by atomic mass is 16.5. The molecule has 1 aromatic heterocycles. The second kappa shape index (κ2) is 6.70. The molecule has 1 aromatic rings. The largest absolute Gasteiger partial charge is 0.378 e. The lowest BCUT2D eigenvalue weighted by Crippen LogP contribution is -2.37. The van der Waals surface area contributed by atoms with Crippen molar-refractivity contribution in [1.29, 1.82) is 0 Å². The van der Waals surface area contributed by atoms with E-state index in [0.29, 0.717) is 24.2 Å². The summed E-state index contributed by atoms with van der Waals surface area (Å²) in [6.45, 7) is 7.63. The van der Waals surface area contributed by atoms with Gasteiger partial charge in [-0.3, -0.25) is 5.32 Å². The molecule has 0 saturated carbocycles. The Morgan fingerprint density at radius 2 is 2.30 bits per heavy atom. The molecule has 0 aromatic carbocycles. The standard InChI is InChI=1S/C15H23N3O2/c1-10(2)14-12(7-8-20-14)9-16-15(19)18-13-6-4-5-11(3)17-13/h4-6,10,12,14H,7-9H2,1-3H3,(H2,16,17,18,19)/t12-,14-/m1/s1. The zero-order valence-electron chi connectivity index (χ0n) is 12.3. The summed E-state index contributed by atoms with van der Waals surface area (Å²) >= 11 is 0. The molecule has 20 heavy (non-hydrogen) atoms. The zero-order chi connectivity index (χ0) is 14.5. The average Bonchev–Trinajstić information content (AvgIpc) is 2.85. The number of carbonyl (C=O) groups is 1. The van der Waals surface area contributed by atoms with Crippen LogP contribution < -0.4 is 10.6 Å². The number of hydrogen-bond donors (Lipinski definition) is 2. The zero-order valence-corrected chi connectivity index (χ0v) is 12.3. The molecule has 0 aliphatic carbocycles. The van der Waals surface area contributed by atoms with Crippen LogP contribution in [0.1, 0.15) is 26.0 Å². The lowest BCUT2D eigenvalue weighted by atomic mass is 9.93. The van der Waals surface area contributed by atoms with Gasteiger partial charge in [-0.2, -0.15) is 0 Å². The molecule has 2 heterocycles. The third kappa shape index (κ3) is 3.93. The number of ether oxygens (including phenoxy) is 1. The van der Waals surface area contributed by atoms with Gasteiger partial charge in [-0.1, -0.05) is 19.9 Å². The smallest absolute Gasteiger partial charge is 0.320 e. The number of pyridine rings is 1. The molecule has 110 valence electrons. The van der Waals surface area contributed by atoms with Gasteiger partial charge < -0.3 is 10.1 Å². The minimum atomic E-state index is -0.211. The van der Waals surface area contributed by atoms with E-state index in [1.54, 1.807) is 6.07 Å². The summed E-state index contributed by atoms with van der Waals surface area (Å²) in [6, 6.07) is 5.34. The van der Waals surface area contributed by atoms with E-state index in [4.69, 9.17) is 4.74 Å². The Morgan fingerprint density at radius 1 is 1.50 bits per heavy atom. The van der Waals surface area contributed by atoms with Gasteiger partial charge in [-0.25, -0.2) is 9.78 Å². The van der Waals surface area contributed by atoms with E-state index in [0.717, 1.165) is 18.7 Å². The number of amides is 2. The summed E-state index contributed by atoms with van der Waals surface area (Å²) in [6.07, 6.45) is 1.25. The van der Waals surface area contributed by atoms with Crippen LogP contribution in [0.25, 0.3) is 0 Å². The molecule has 0 radical (unpaired) electrons. The van der Waals surface area contributed by atoms with Crippen LogP contribution in [0.4, 0.5) is 10.6 Å². The lowest BCUT2D eigenvalue weighted by molar-refractivity contribution is 0.0546. The molecule has 0 unspecified atom stereocenters. The van der Waals surface area contributed by atoms with Crippen molar-refractivity contribution in [2.45, 2.75) is 33.3 Å². The molecule has 5 heteroatoms. The summed E-state index contributed by atoms with van der Waals surface area (Å²) < 4.78 is 5.71. The quantitative estimate of drug-likeness (QED) is 0.889. The summed E-state index contributed by atoms with van der Waals surface area (Å²) in [5.74, 6) is 1.45. The lowest BCUT2D eigenvalue weighted by Gasteiger charge is -2.22. The molecule has 2 atom stereocenters. The van der Waals surface area contributed by atoms with Gasteiger partial charge in [0, 0.05) is 24.8 Å². The van der Waals surface area contributed by atoms with Crippen molar-refractivity contribution < 1.29 is 9.53 Å². The summed E-state index contributed by atoms with van der Waals surface area (Å²) in [4.78, 5) is 16.1. The first-order valence-electron chi connectivity index (χ1n) is 7.16. The van der Waals surface area contributed by atoms with Crippen LogP contribution >= 0.6 is 0 Å². The molecule has 1 aliphatic rings. The first-order valence-corrected chi connectivity index (χ1v) is 7.16. The summed E-state index contributed by atoms with van der Waals surface area (Å²) in [5.41, 5.74) is 0.881. The maximum atomic E-state index is 11.9. The SMILES string of the molecule is Cc1cccc(NC(=O)NC[C@H]2CCO[C@@H]2C(C)C)n1. The maximum Gasteiger partial charge on any atom is 0.320 e. The highest BCUT2D eigenvalue weighted by Gasteiger charge is 2.30. The fourth-order valence-electron chi connectivity index (χ4n) is 2.61. The Balaban J connectivity index is 1.80. The van der Waals surface area contributed by atoms with Gasteiger partial charge in [0.25, 0.3) is 0 Å². The number of aromatic nitrogens is 1. The molecule has 0 bridgehead atoms. The molecule has 2 amide bonds. The Morgan fingerprint density at radius 3 is 3.00 bits per heavy atom. The van der Waals surface area contributed by atoms with Crippen molar-refractivity contribution >= 4 is 11.8 Å². The van der Waals surface area contributed by atoms with E-state index in [1.807, 2.05) is 19.1 Å². The van der Waals surface area contributed by atoms with Crippen molar-refractivity contribution in [3.63, 3.8) is 0 Å². The van der Waals surface area contributed by atoms with Crippen LogP contribution in [0.2, 0.25) is 0 Å². The number of nitrogens with zero attached hydrogens (tertiary/aromatic N) is 1. The van der Waals surface area contributed by atoms with E-state index in [1.165, 1.54) is 0 Å². The fourth-order valence-corrected chi connectivity index (χ4v) is 2.61. The minimum Gasteiger partial charge on any atom is -0.378 e. The van der Waals surface area contributed by atoms with E-state index in [2.05, 4.69) is 29.5 Å². The normalized spacial score (nSPS) is 22.0. The number of anilines is 1. The van der Waals surface area contributed by atoms with Crippen LogP contribution in [0.15, 0.2) is 18.2 Å². The third-order valence-electron chi connectivity index (χ3n) is 3.58. The number of rotatable bonds is 4. The van der Waals surface area contributed by atoms with Gasteiger partial charge in [0.05, 0.1) is 6.10 Å². The van der Waals surface area contributed by atoms with Crippen molar-refractivity contribution in [2.75, 3.05) is 18.5 Å². The van der Waals surface area contributed by atoms with Gasteiger partial charge in [0.1, 0.15) is 5.82 Å². The topological polar surface area (TPSA) is 63.2 Å². The van der Waals surface area contributed by atoms with Gasteiger partial charge in [0.2, 0.25) is 0 Å². The Hall–Kier alpha value is -1.62. The van der Waals surface area contributed by atoms with Gasteiger partial charge in [-0.05, 0) is 31.4 Å². The van der Waals surface area contributed by atoms with Gasteiger partial charge in [-0.15, -0.1) is 0 Å². The Labute approximate surface area is 120 Å². The van der Waals surface area contributed by atoms with Crippen LogP contribution in [-0.4, -0.2) is 30.3 Å². The Bertz CT molecular complexity index is 462. The van der Waals surface area contributed by atoms with Crippen LogP contribution in [0.5, 0.6) is 0 Å². The third-order valence-corrected chi connectivity index (χ3v) is 3.58. The first-order chi connectivity index (χ1) is 9.56. The second-order valence-corrected chi connectivity index (χ2v) is 5.63. The predicted molar refractivity (Wildman–Crippen MR) is 78.7 cm³/mol. The molecule has 2 rings (SSSR count). The van der Waals surface area contributed by atoms with Gasteiger partial charge in [0.15, 0.2) is 0 Å². The molecule has 1 fully saturated rings. The van der Waals surface area contributed by atoms with Crippen LogP contribution in [-0.2, 0) is 4.74 Å². The summed E-state index contributed by atoms with van der Waals surface area (Å²) in [7, 11) is 0. The van der Waals surface area contributed by atoms with Crippen molar-refractivity contribution in [2.24, 2.45) is 11.8 Å². The molecule has 1 saturated heterocycles. The number of nitrogens with one attached hydrogen (secondary N) is 2. The maximum absolute atomic E-state index is 11.9. The van der Waals surface area contributed by atoms with Crippen molar-refractivity contribution in [3.05, 3.63) is 23.9 Å².